The second kappa shape index (κ2) is 4.06. The molecular formula is C12H19N3O. The van der Waals surface area contributed by atoms with Gasteiger partial charge in [-0.2, -0.15) is 5.26 Å². The van der Waals surface area contributed by atoms with Crippen molar-refractivity contribution in [1.82, 2.24) is 9.80 Å². The van der Waals surface area contributed by atoms with E-state index in [4.69, 9.17) is 0 Å². The Bertz CT molecular complexity index is 322. The topological polar surface area (TPSA) is 47.3 Å². The van der Waals surface area contributed by atoms with Crippen molar-refractivity contribution < 1.29 is 4.79 Å². The molecule has 0 spiro atoms. The van der Waals surface area contributed by atoms with Crippen LogP contribution in [0, 0.1) is 17.2 Å². The van der Waals surface area contributed by atoms with E-state index in [2.05, 4.69) is 18.0 Å². The Hall–Kier alpha value is -1.08. The lowest BCUT2D eigenvalue weighted by Crippen LogP contribution is -2.54. The molecule has 0 N–H and O–H groups in total. The first-order chi connectivity index (χ1) is 7.59. The van der Waals surface area contributed by atoms with Crippen LogP contribution in [-0.2, 0) is 4.79 Å². The van der Waals surface area contributed by atoms with Crippen molar-refractivity contribution in [3.8, 4) is 6.07 Å². The average Bonchev–Trinajstić information content (AvgIpc) is 3.13. The molecule has 1 saturated carbocycles. The molecule has 4 heteroatoms. The predicted molar refractivity (Wildman–Crippen MR) is 60.6 cm³/mol. The van der Waals surface area contributed by atoms with Crippen LogP contribution < -0.4 is 0 Å². The van der Waals surface area contributed by atoms with Crippen LogP contribution in [0.2, 0.25) is 0 Å². The van der Waals surface area contributed by atoms with E-state index < -0.39 is 5.54 Å². The lowest BCUT2D eigenvalue weighted by molar-refractivity contribution is -0.136. The number of likely N-dealkylation sites (tertiary alicyclic amines) is 1. The average molecular weight is 221 g/mol. The summed E-state index contributed by atoms with van der Waals surface area (Å²) in [5.74, 6) is 0.376. The third-order valence-electron chi connectivity index (χ3n) is 3.92. The molecule has 1 heterocycles. The number of piperidine rings is 1. The smallest absolute Gasteiger partial charge is 0.226 e. The van der Waals surface area contributed by atoms with Crippen LogP contribution in [0.25, 0.3) is 0 Å². The molecule has 4 nitrogen and oxygen atoms in total. The second-order valence-corrected chi connectivity index (χ2v) is 5.12. The summed E-state index contributed by atoms with van der Waals surface area (Å²) >= 11 is 0. The zero-order valence-corrected chi connectivity index (χ0v) is 10.1. The summed E-state index contributed by atoms with van der Waals surface area (Å²) in [5, 5.41) is 9.39. The number of hydrogen-bond donors (Lipinski definition) is 0. The van der Waals surface area contributed by atoms with Crippen molar-refractivity contribution in [3.05, 3.63) is 0 Å². The van der Waals surface area contributed by atoms with E-state index in [0.717, 1.165) is 38.8 Å². The summed E-state index contributed by atoms with van der Waals surface area (Å²) in [7, 11) is 3.86. The van der Waals surface area contributed by atoms with E-state index in [-0.39, 0.29) is 11.8 Å². The van der Waals surface area contributed by atoms with Crippen LogP contribution in [0.4, 0.5) is 0 Å². The van der Waals surface area contributed by atoms with Crippen molar-refractivity contribution in [2.24, 2.45) is 5.92 Å². The highest BCUT2D eigenvalue weighted by molar-refractivity contribution is 5.82. The first kappa shape index (κ1) is 11.4. The van der Waals surface area contributed by atoms with Gasteiger partial charge in [-0.05, 0) is 32.7 Å². The summed E-state index contributed by atoms with van der Waals surface area (Å²) in [4.78, 5) is 15.9. The van der Waals surface area contributed by atoms with E-state index in [1.54, 1.807) is 11.9 Å². The Balaban J connectivity index is 2.08. The minimum atomic E-state index is -0.549. The normalized spacial score (nSPS) is 24.8. The summed E-state index contributed by atoms with van der Waals surface area (Å²) in [6.07, 6.45) is 3.55. The maximum atomic E-state index is 12.0. The first-order valence-electron chi connectivity index (χ1n) is 5.96. The Morgan fingerprint density at radius 2 is 2.00 bits per heavy atom. The van der Waals surface area contributed by atoms with Crippen molar-refractivity contribution in [3.63, 3.8) is 0 Å². The summed E-state index contributed by atoms with van der Waals surface area (Å²) < 4.78 is 0. The Labute approximate surface area is 96.8 Å². The molecule has 0 radical (unpaired) electrons. The molecule has 1 saturated heterocycles. The highest BCUT2D eigenvalue weighted by atomic mass is 16.2. The van der Waals surface area contributed by atoms with E-state index in [1.165, 1.54) is 0 Å². The predicted octanol–water partition coefficient (Wildman–Crippen LogP) is 0.843. The van der Waals surface area contributed by atoms with E-state index in [9.17, 15) is 10.1 Å². The maximum Gasteiger partial charge on any atom is 0.226 e. The fraction of sp³-hybridized carbons (Fsp3) is 0.833. The minimum Gasteiger partial charge on any atom is -0.327 e. The molecular weight excluding hydrogens is 202 g/mol. The van der Waals surface area contributed by atoms with Gasteiger partial charge in [0.2, 0.25) is 5.91 Å². The van der Waals surface area contributed by atoms with Crippen LogP contribution in [0.3, 0.4) is 0 Å². The van der Waals surface area contributed by atoms with Gasteiger partial charge in [-0.1, -0.05) is 0 Å². The molecule has 1 amide bonds. The van der Waals surface area contributed by atoms with Gasteiger partial charge in [-0.3, -0.25) is 4.79 Å². The molecule has 1 aliphatic heterocycles. The summed E-state index contributed by atoms with van der Waals surface area (Å²) in [6, 6.07) is 2.38. The van der Waals surface area contributed by atoms with Gasteiger partial charge in [0, 0.05) is 26.1 Å². The highest BCUT2D eigenvalue weighted by Gasteiger charge is 2.44. The molecule has 0 aromatic rings. The Kier molecular flexibility index (Phi) is 2.90. The van der Waals surface area contributed by atoms with Gasteiger partial charge in [0.15, 0.2) is 0 Å². The van der Waals surface area contributed by atoms with Gasteiger partial charge in [0.25, 0.3) is 0 Å². The molecule has 0 atom stereocenters. The Morgan fingerprint density at radius 3 is 2.44 bits per heavy atom. The SMILES string of the molecule is CN1CCC(C#N)(N(C)C(=O)C2CC2)CC1. The molecule has 0 unspecified atom stereocenters. The number of hydrogen-bond acceptors (Lipinski definition) is 3. The molecule has 0 bridgehead atoms. The monoisotopic (exact) mass is 221 g/mol. The molecule has 0 aromatic carbocycles. The van der Waals surface area contributed by atoms with Gasteiger partial charge >= 0.3 is 0 Å². The number of carbonyl (C=O) groups excluding carboxylic acids is 1. The van der Waals surface area contributed by atoms with Crippen LogP contribution in [0.1, 0.15) is 25.7 Å². The van der Waals surface area contributed by atoms with Crippen LogP contribution >= 0.6 is 0 Å². The van der Waals surface area contributed by atoms with Crippen LogP contribution in [0.15, 0.2) is 0 Å². The third-order valence-corrected chi connectivity index (χ3v) is 3.92. The molecule has 1 aliphatic carbocycles. The van der Waals surface area contributed by atoms with Gasteiger partial charge in [0.1, 0.15) is 5.54 Å². The second-order valence-electron chi connectivity index (χ2n) is 5.12. The van der Waals surface area contributed by atoms with Crippen molar-refractivity contribution in [2.75, 3.05) is 27.2 Å². The maximum absolute atomic E-state index is 12.0. The number of amides is 1. The molecule has 2 fully saturated rings. The van der Waals surface area contributed by atoms with E-state index in [0.29, 0.717) is 0 Å². The molecule has 2 aliphatic rings. The molecule has 88 valence electrons. The summed E-state index contributed by atoms with van der Waals surface area (Å²) in [5.41, 5.74) is -0.549. The van der Waals surface area contributed by atoms with Gasteiger partial charge in [0.05, 0.1) is 6.07 Å². The number of nitrogens with zero attached hydrogens (tertiary/aromatic N) is 3. The summed E-state index contributed by atoms with van der Waals surface area (Å²) in [6.45, 7) is 1.80. The van der Waals surface area contributed by atoms with Crippen LogP contribution in [-0.4, -0.2) is 48.4 Å². The van der Waals surface area contributed by atoms with Crippen molar-refractivity contribution in [2.45, 2.75) is 31.2 Å². The fourth-order valence-corrected chi connectivity index (χ4v) is 2.33. The molecule has 16 heavy (non-hydrogen) atoms. The minimum absolute atomic E-state index is 0.172. The van der Waals surface area contributed by atoms with E-state index in [1.807, 2.05) is 0 Å². The number of nitriles is 1. The standard InChI is InChI=1S/C12H19N3O/c1-14-7-5-12(9-13,6-8-14)15(2)11(16)10-3-4-10/h10H,3-8H2,1-2H3. The van der Waals surface area contributed by atoms with Gasteiger partial charge in [-0.25, -0.2) is 0 Å². The quantitative estimate of drug-likeness (QED) is 0.694. The van der Waals surface area contributed by atoms with Crippen LogP contribution in [0.5, 0.6) is 0 Å². The largest absolute Gasteiger partial charge is 0.327 e. The number of rotatable bonds is 2. The zero-order valence-electron chi connectivity index (χ0n) is 10.1. The van der Waals surface area contributed by atoms with Gasteiger partial charge < -0.3 is 9.80 Å². The van der Waals surface area contributed by atoms with E-state index >= 15 is 0 Å². The van der Waals surface area contributed by atoms with Crippen molar-refractivity contribution >= 4 is 5.91 Å². The Morgan fingerprint density at radius 1 is 1.44 bits per heavy atom. The lowest BCUT2D eigenvalue weighted by atomic mass is 9.87. The molecule has 0 aromatic heterocycles. The highest BCUT2D eigenvalue weighted by Crippen LogP contribution is 2.35. The number of carbonyl (C=O) groups is 1. The van der Waals surface area contributed by atoms with Crippen molar-refractivity contribution in [1.29, 1.82) is 5.26 Å². The first-order valence-corrected chi connectivity index (χ1v) is 5.96. The fourth-order valence-electron chi connectivity index (χ4n) is 2.33. The lowest BCUT2D eigenvalue weighted by Gasteiger charge is -2.41. The molecule has 2 rings (SSSR count). The third kappa shape index (κ3) is 1.92. The van der Waals surface area contributed by atoms with Gasteiger partial charge in [-0.15, -0.1) is 0 Å². The zero-order chi connectivity index (χ0) is 11.8.